The van der Waals surface area contributed by atoms with Gasteiger partial charge in [0.15, 0.2) is 0 Å². The van der Waals surface area contributed by atoms with Crippen molar-refractivity contribution >= 4 is 21.6 Å². The molecule has 0 aromatic heterocycles. The Labute approximate surface area is 174 Å². The lowest BCUT2D eigenvalue weighted by atomic mass is 9.87. The molecule has 1 heterocycles. The molecule has 1 aliphatic heterocycles. The number of nitrogens with zero attached hydrogens (tertiary/aromatic N) is 1. The highest BCUT2D eigenvalue weighted by Gasteiger charge is 2.32. The number of amides is 1. The molecular formula is C23H30N2O3S. The van der Waals surface area contributed by atoms with Crippen LogP contribution in [-0.4, -0.2) is 31.7 Å². The fraction of sp³-hybridized carbons (Fsp3) is 0.435. The molecular weight excluding hydrogens is 384 g/mol. The largest absolute Gasteiger partial charge is 0.326 e. The van der Waals surface area contributed by atoms with Crippen LogP contribution in [0.4, 0.5) is 5.69 Å². The summed E-state index contributed by atoms with van der Waals surface area (Å²) in [5, 5.41) is 2.97. The zero-order chi connectivity index (χ0) is 21.2. The molecule has 156 valence electrons. The summed E-state index contributed by atoms with van der Waals surface area (Å²) in [6.07, 6.45) is 1.05. The number of carbonyl (C=O) groups excluding carboxylic acids is 1. The first-order valence-corrected chi connectivity index (χ1v) is 11.5. The SMILES string of the molecule is Cc1ccc(S(=O)(=O)N2CCC(C(=O)Nc3ccc(C(C)(C)C)cc3)CC2)cc1. The molecule has 0 unspecified atom stereocenters. The van der Waals surface area contributed by atoms with E-state index in [0.717, 1.165) is 11.3 Å². The van der Waals surface area contributed by atoms with Crippen LogP contribution in [0.2, 0.25) is 0 Å². The third kappa shape index (κ3) is 5.06. The monoisotopic (exact) mass is 414 g/mol. The fourth-order valence-corrected chi connectivity index (χ4v) is 4.99. The van der Waals surface area contributed by atoms with Crippen LogP contribution >= 0.6 is 0 Å². The Balaban J connectivity index is 1.59. The molecule has 2 aromatic rings. The predicted molar refractivity (Wildman–Crippen MR) is 116 cm³/mol. The lowest BCUT2D eigenvalue weighted by Crippen LogP contribution is -2.41. The number of piperidine rings is 1. The van der Waals surface area contributed by atoms with Gasteiger partial charge in [-0.25, -0.2) is 8.42 Å². The standard InChI is InChI=1S/C23H30N2O3S/c1-17-5-11-21(12-6-17)29(27,28)25-15-13-18(14-16-25)22(26)24-20-9-7-19(8-10-20)23(2,3)4/h5-12,18H,13-16H2,1-4H3,(H,24,26). The minimum absolute atomic E-state index is 0.0408. The molecule has 0 radical (unpaired) electrons. The van der Waals surface area contributed by atoms with E-state index < -0.39 is 10.0 Å². The molecule has 1 saturated heterocycles. The van der Waals surface area contributed by atoms with Crippen molar-refractivity contribution in [1.82, 2.24) is 4.31 Å². The number of sulfonamides is 1. The van der Waals surface area contributed by atoms with Crippen molar-refractivity contribution in [2.24, 2.45) is 5.92 Å². The maximum atomic E-state index is 12.8. The van der Waals surface area contributed by atoms with E-state index in [4.69, 9.17) is 0 Å². The minimum Gasteiger partial charge on any atom is -0.326 e. The van der Waals surface area contributed by atoms with Crippen LogP contribution in [0.15, 0.2) is 53.4 Å². The van der Waals surface area contributed by atoms with Crippen molar-refractivity contribution in [3.63, 3.8) is 0 Å². The molecule has 6 heteroatoms. The highest BCUT2D eigenvalue weighted by molar-refractivity contribution is 7.89. The molecule has 1 aliphatic rings. The van der Waals surface area contributed by atoms with E-state index in [1.165, 1.54) is 9.87 Å². The maximum absolute atomic E-state index is 12.8. The van der Waals surface area contributed by atoms with Gasteiger partial charge in [0.05, 0.1) is 4.90 Å². The first kappa shape index (κ1) is 21.5. The lowest BCUT2D eigenvalue weighted by molar-refractivity contribution is -0.120. The Morgan fingerprint density at radius 2 is 1.52 bits per heavy atom. The average Bonchev–Trinajstić information content (AvgIpc) is 2.68. The van der Waals surface area contributed by atoms with Crippen LogP contribution < -0.4 is 5.32 Å². The lowest BCUT2D eigenvalue weighted by Gasteiger charge is -2.30. The molecule has 29 heavy (non-hydrogen) atoms. The first-order chi connectivity index (χ1) is 13.6. The molecule has 5 nitrogen and oxygen atoms in total. The topological polar surface area (TPSA) is 66.5 Å². The second kappa shape index (κ2) is 8.28. The van der Waals surface area contributed by atoms with Crippen molar-refractivity contribution in [2.45, 2.75) is 50.8 Å². The normalized spacial score (nSPS) is 16.6. The maximum Gasteiger partial charge on any atom is 0.243 e. The van der Waals surface area contributed by atoms with Crippen LogP contribution in [0.1, 0.15) is 44.7 Å². The molecule has 2 aromatic carbocycles. The van der Waals surface area contributed by atoms with Gasteiger partial charge >= 0.3 is 0 Å². The molecule has 1 fully saturated rings. The second-order valence-corrected chi connectivity index (χ2v) is 10.7. The van der Waals surface area contributed by atoms with Gasteiger partial charge < -0.3 is 5.32 Å². The highest BCUT2D eigenvalue weighted by Crippen LogP contribution is 2.26. The van der Waals surface area contributed by atoms with Gasteiger partial charge in [0.25, 0.3) is 0 Å². The van der Waals surface area contributed by atoms with Gasteiger partial charge in [-0.2, -0.15) is 4.31 Å². The zero-order valence-corrected chi connectivity index (χ0v) is 18.4. The van der Waals surface area contributed by atoms with E-state index in [0.29, 0.717) is 30.8 Å². The van der Waals surface area contributed by atoms with Gasteiger partial charge in [0.2, 0.25) is 15.9 Å². The third-order valence-electron chi connectivity index (χ3n) is 5.50. The van der Waals surface area contributed by atoms with Crippen LogP contribution in [-0.2, 0) is 20.2 Å². The molecule has 0 saturated carbocycles. The van der Waals surface area contributed by atoms with Gasteiger partial charge in [-0.3, -0.25) is 4.79 Å². The van der Waals surface area contributed by atoms with E-state index >= 15 is 0 Å². The Kier molecular flexibility index (Phi) is 6.15. The van der Waals surface area contributed by atoms with E-state index in [1.54, 1.807) is 24.3 Å². The fourth-order valence-electron chi connectivity index (χ4n) is 3.52. The summed E-state index contributed by atoms with van der Waals surface area (Å²) in [7, 11) is -3.50. The van der Waals surface area contributed by atoms with Crippen molar-refractivity contribution in [2.75, 3.05) is 18.4 Å². The van der Waals surface area contributed by atoms with Crippen LogP contribution in [0.5, 0.6) is 0 Å². The van der Waals surface area contributed by atoms with Crippen molar-refractivity contribution in [3.05, 3.63) is 59.7 Å². The van der Waals surface area contributed by atoms with Crippen molar-refractivity contribution in [1.29, 1.82) is 0 Å². The Morgan fingerprint density at radius 1 is 0.966 bits per heavy atom. The zero-order valence-electron chi connectivity index (χ0n) is 17.6. The number of nitrogens with one attached hydrogen (secondary N) is 1. The molecule has 0 bridgehead atoms. The summed E-state index contributed by atoms with van der Waals surface area (Å²) >= 11 is 0. The van der Waals surface area contributed by atoms with Gasteiger partial charge in [0, 0.05) is 24.7 Å². The Hall–Kier alpha value is -2.18. The molecule has 0 atom stereocenters. The second-order valence-electron chi connectivity index (χ2n) is 8.81. The highest BCUT2D eigenvalue weighted by atomic mass is 32.2. The Morgan fingerprint density at radius 3 is 2.03 bits per heavy atom. The summed E-state index contributed by atoms with van der Waals surface area (Å²) < 4.78 is 27.1. The van der Waals surface area contributed by atoms with E-state index in [-0.39, 0.29) is 17.2 Å². The summed E-state index contributed by atoms with van der Waals surface area (Å²) in [6.45, 7) is 9.10. The van der Waals surface area contributed by atoms with Gasteiger partial charge in [-0.05, 0) is 55.0 Å². The number of hydrogen-bond donors (Lipinski definition) is 1. The molecule has 3 rings (SSSR count). The number of aryl methyl sites for hydroxylation is 1. The summed E-state index contributed by atoms with van der Waals surface area (Å²) in [5.41, 5.74) is 3.08. The Bertz CT molecular complexity index is 951. The van der Waals surface area contributed by atoms with Crippen LogP contribution in [0.25, 0.3) is 0 Å². The van der Waals surface area contributed by atoms with E-state index in [9.17, 15) is 13.2 Å². The number of benzene rings is 2. The van der Waals surface area contributed by atoms with Crippen molar-refractivity contribution < 1.29 is 13.2 Å². The molecule has 1 N–H and O–H groups in total. The number of anilines is 1. The third-order valence-corrected chi connectivity index (χ3v) is 7.41. The summed E-state index contributed by atoms with van der Waals surface area (Å²) in [5.74, 6) is -0.220. The van der Waals surface area contributed by atoms with Crippen molar-refractivity contribution in [3.8, 4) is 0 Å². The van der Waals surface area contributed by atoms with Gasteiger partial charge in [-0.15, -0.1) is 0 Å². The quantitative estimate of drug-likeness (QED) is 0.810. The van der Waals surface area contributed by atoms with Gasteiger partial charge in [-0.1, -0.05) is 50.6 Å². The first-order valence-electron chi connectivity index (χ1n) is 10.1. The number of carbonyl (C=O) groups is 1. The predicted octanol–water partition coefficient (Wildman–Crippen LogP) is 4.33. The van der Waals surface area contributed by atoms with E-state index in [2.05, 4.69) is 26.1 Å². The molecule has 0 spiro atoms. The van der Waals surface area contributed by atoms with Crippen LogP contribution in [0, 0.1) is 12.8 Å². The van der Waals surface area contributed by atoms with Gasteiger partial charge in [0.1, 0.15) is 0 Å². The molecule has 0 aliphatic carbocycles. The summed E-state index contributed by atoms with van der Waals surface area (Å²) in [6, 6.07) is 14.8. The molecule has 1 amide bonds. The average molecular weight is 415 g/mol. The minimum atomic E-state index is -3.50. The van der Waals surface area contributed by atoms with Crippen LogP contribution in [0.3, 0.4) is 0 Å². The number of hydrogen-bond acceptors (Lipinski definition) is 3. The summed E-state index contributed by atoms with van der Waals surface area (Å²) in [4.78, 5) is 12.9. The smallest absolute Gasteiger partial charge is 0.243 e. The van der Waals surface area contributed by atoms with E-state index in [1.807, 2.05) is 31.2 Å². The number of rotatable bonds is 4.